The van der Waals surface area contributed by atoms with Gasteiger partial charge in [0, 0.05) is 31.8 Å². The van der Waals surface area contributed by atoms with Gasteiger partial charge in [0.1, 0.15) is 0 Å². The normalized spacial score (nSPS) is 15.9. The molecule has 0 aromatic heterocycles. The van der Waals surface area contributed by atoms with Crippen molar-refractivity contribution < 1.29 is 45.0 Å². The van der Waals surface area contributed by atoms with E-state index in [1.165, 1.54) is 32.2 Å². The third-order valence-electron chi connectivity index (χ3n) is 5.91. The summed E-state index contributed by atoms with van der Waals surface area (Å²) in [6.07, 6.45) is -5.84. The Kier molecular flexibility index (Phi) is 8.15. The highest BCUT2D eigenvalue weighted by molar-refractivity contribution is 7.92. The number of alkyl halides is 3. The molecule has 0 unspecified atom stereocenters. The Morgan fingerprint density at radius 2 is 1.82 bits per heavy atom. The number of amides is 2. The van der Waals surface area contributed by atoms with Crippen molar-refractivity contribution >= 4 is 33.4 Å². The smallest absolute Gasteiger partial charge is 0.427 e. The molecule has 1 aliphatic heterocycles. The van der Waals surface area contributed by atoms with Crippen LogP contribution in [-0.2, 0) is 26.0 Å². The van der Waals surface area contributed by atoms with Gasteiger partial charge >= 0.3 is 12.3 Å². The standard InChI is InChI=1S/C24H27F4N3O6S/c1-14(32)29-12-15-9-16-5-6-17(30-22(33)37-23(2,3)24(26,27)28)10-20(16)31(13-15)38(34,35)18-7-8-19(25)21(11-18)36-4/h5-8,10-11,15H,9,12-13H2,1-4H3,(H,29,32)(H,30,33)/t15-/m1/s1. The van der Waals surface area contributed by atoms with Crippen LogP contribution < -0.4 is 19.7 Å². The number of ether oxygens (including phenoxy) is 2. The summed E-state index contributed by atoms with van der Waals surface area (Å²) < 4.78 is 91.0. The number of nitrogens with one attached hydrogen (secondary N) is 2. The van der Waals surface area contributed by atoms with Gasteiger partial charge in [-0.25, -0.2) is 17.6 Å². The van der Waals surface area contributed by atoms with E-state index in [-0.39, 0.29) is 46.9 Å². The van der Waals surface area contributed by atoms with Crippen LogP contribution in [0.1, 0.15) is 26.3 Å². The summed E-state index contributed by atoms with van der Waals surface area (Å²) in [6, 6.07) is 7.26. The Morgan fingerprint density at radius 3 is 2.42 bits per heavy atom. The maximum absolute atomic E-state index is 13.9. The number of rotatable bonds is 7. The van der Waals surface area contributed by atoms with Crippen molar-refractivity contribution in [3.8, 4) is 5.75 Å². The van der Waals surface area contributed by atoms with E-state index in [0.717, 1.165) is 22.5 Å². The van der Waals surface area contributed by atoms with Gasteiger partial charge < -0.3 is 14.8 Å². The predicted molar refractivity (Wildman–Crippen MR) is 130 cm³/mol. The quantitative estimate of drug-likeness (QED) is 0.490. The van der Waals surface area contributed by atoms with Crippen molar-refractivity contribution in [1.82, 2.24) is 5.32 Å². The topological polar surface area (TPSA) is 114 Å². The average Bonchev–Trinajstić information content (AvgIpc) is 2.81. The SMILES string of the molecule is COc1cc(S(=O)(=O)N2C[C@@H](CNC(C)=O)Cc3ccc(NC(=O)OC(C)(C)C(F)(F)F)cc32)ccc1F. The van der Waals surface area contributed by atoms with Crippen LogP contribution in [0.5, 0.6) is 5.75 Å². The monoisotopic (exact) mass is 561 g/mol. The second-order valence-electron chi connectivity index (χ2n) is 9.21. The highest BCUT2D eigenvalue weighted by Crippen LogP contribution is 2.37. The number of sulfonamides is 1. The van der Waals surface area contributed by atoms with E-state index in [1.54, 1.807) is 0 Å². The molecule has 0 fully saturated rings. The molecule has 14 heteroatoms. The van der Waals surface area contributed by atoms with Crippen LogP contribution in [0.4, 0.5) is 33.7 Å². The third kappa shape index (κ3) is 6.29. The third-order valence-corrected chi connectivity index (χ3v) is 7.69. The zero-order chi connectivity index (χ0) is 28.5. The molecule has 0 bridgehead atoms. The molecule has 2 aromatic rings. The summed E-state index contributed by atoms with van der Waals surface area (Å²) in [5, 5.41) is 4.86. The lowest BCUT2D eigenvalue weighted by atomic mass is 9.93. The summed E-state index contributed by atoms with van der Waals surface area (Å²) >= 11 is 0. The van der Waals surface area contributed by atoms with Crippen molar-refractivity contribution in [2.24, 2.45) is 5.92 Å². The summed E-state index contributed by atoms with van der Waals surface area (Å²) in [5.74, 6) is -1.68. The van der Waals surface area contributed by atoms with E-state index >= 15 is 0 Å². The van der Waals surface area contributed by atoms with Crippen LogP contribution in [0, 0.1) is 11.7 Å². The molecule has 38 heavy (non-hydrogen) atoms. The molecule has 1 atom stereocenters. The molecule has 0 aliphatic carbocycles. The van der Waals surface area contributed by atoms with E-state index in [4.69, 9.17) is 4.74 Å². The van der Waals surface area contributed by atoms with Gasteiger partial charge in [-0.05, 0) is 56.0 Å². The van der Waals surface area contributed by atoms with Gasteiger partial charge in [0.25, 0.3) is 10.0 Å². The Bertz CT molecular complexity index is 1330. The van der Waals surface area contributed by atoms with Gasteiger partial charge in [0.15, 0.2) is 11.6 Å². The van der Waals surface area contributed by atoms with E-state index in [0.29, 0.717) is 25.8 Å². The lowest BCUT2D eigenvalue weighted by molar-refractivity contribution is -0.242. The number of methoxy groups -OCH3 is 1. The average molecular weight is 562 g/mol. The van der Waals surface area contributed by atoms with Gasteiger partial charge in [-0.2, -0.15) is 13.2 Å². The fourth-order valence-corrected chi connectivity index (χ4v) is 5.35. The minimum absolute atomic E-state index is 0.0103. The molecule has 0 radical (unpaired) electrons. The van der Waals surface area contributed by atoms with Gasteiger partial charge in [0.2, 0.25) is 11.5 Å². The first-order valence-corrected chi connectivity index (χ1v) is 12.8. The van der Waals surface area contributed by atoms with Crippen LogP contribution in [0.25, 0.3) is 0 Å². The number of nitrogens with zero attached hydrogens (tertiary/aromatic N) is 1. The molecule has 9 nitrogen and oxygen atoms in total. The van der Waals surface area contributed by atoms with Gasteiger partial charge in [-0.1, -0.05) is 6.07 Å². The Morgan fingerprint density at radius 1 is 1.13 bits per heavy atom. The molecule has 0 spiro atoms. The lowest BCUT2D eigenvalue weighted by Gasteiger charge is -2.35. The summed E-state index contributed by atoms with van der Waals surface area (Å²) in [6.45, 7) is 2.81. The van der Waals surface area contributed by atoms with E-state index < -0.39 is 33.7 Å². The maximum atomic E-state index is 13.9. The highest BCUT2D eigenvalue weighted by atomic mass is 32.2. The molecular weight excluding hydrogens is 534 g/mol. The first-order valence-electron chi connectivity index (χ1n) is 11.4. The fraction of sp³-hybridized carbons (Fsp3) is 0.417. The number of carbonyl (C=O) groups is 2. The number of hydrogen-bond acceptors (Lipinski definition) is 6. The second kappa shape index (κ2) is 10.7. The number of carbonyl (C=O) groups excluding carboxylic acids is 2. The van der Waals surface area contributed by atoms with Crippen LogP contribution >= 0.6 is 0 Å². The van der Waals surface area contributed by atoms with Crippen molar-refractivity contribution in [3.05, 3.63) is 47.8 Å². The molecule has 1 heterocycles. The van der Waals surface area contributed by atoms with Crippen molar-refractivity contribution in [1.29, 1.82) is 0 Å². The van der Waals surface area contributed by atoms with Crippen molar-refractivity contribution in [2.45, 2.75) is 43.9 Å². The number of fused-ring (bicyclic) bond motifs is 1. The molecule has 2 aromatic carbocycles. The van der Waals surface area contributed by atoms with Gasteiger partial charge in [-0.15, -0.1) is 0 Å². The molecule has 1 aliphatic rings. The molecule has 0 saturated carbocycles. The van der Waals surface area contributed by atoms with Crippen LogP contribution in [0.2, 0.25) is 0 Å². The van der Waals surface area contributed by atoms with Gasteiger partial charge in [-0.3, -0.25) is 14.4 Å². The Labute approximate surface area is 217 Å². The fourth-order valence-electron chi connectivity index (χ4n) is 3.77. The summed E-state index contributed by atoms with van der Waals surface area (Å²) in [7, 11) is -3.12. The first kappa shape index (κ1) is 29.0. The molecule has 2 N–H and O–H groups in total. The maximum Gasteiger partial charge on any atom is 0.427 e. The van der Waals surface area contributed by atoms with E-state index in [2.05, 4.69) is 15.4 Å². The largest absolute Gasteiger partial charge is 0.494 e. The lowest BCUT2D eigenvalue weighted by Crippen LogP contribution is -2.44. The minimum Gasteiger partial charge on any atom is -0.494 e. The zero-order valence-corrected chi connectivity index (χ0v) is 21.8. The van der Waals surface area contributed by atoms with Crippen LogP contribution in [0.15, 0.2) is 41.3 Å². The molecule has 208 valence electrons. The van der Waals surface area contributed by atoms with Gasteiger partial charge in [0.05, 0.1) is 17.7 Å². The van der Waals surface area contributed by atoms with E-state index in [9.17, 15) is 35.6 Å². The Balaban J connectivity index is 1.99. The Hall–Kier alpha value is -3.55. The predicted octanol–water partition coefficient (Wildman–Crippen LogP) is 4.23. The van der Waals surface area contributed by atoms with Crippen molar-refractivity contribution in [3.63, 3.8) is 0 Å². The van der Waals surface area contributed by atoms with Crippen molar-refractivity contribution in [2.75, 3.05) is 29.8 Å². The number of halogens is 4. The zero-order valence-electron chi connectivity index (χ0n) is 21.0. The molecular formula is C24H27F4N3O6S. The first-order chi connectivity index (χ1) is 17.5. The van der Waals surface area contributed by atoms with Crippen LogP contribution in [-0.4, -0.2) is 52.4 Å². The molecule has 0 saturated heterocycles. The van der Waals surface area contributed by atoms with E-state index in [1.807, 2.05) is 0 Å². The van der Waals surface area contributed by atoms with Crippen LogP contribution in [0.3, 0.4) is 0 Å². The number of anilines is 2. The number of benzene rings is 2. The number of hydrogen-bond donors (Lipinski definition) is 2. The summed E-state index contributed by atoms with van der Waals surface area (Å²) in [4.78, 5) is 23.3. The minimum atomic E-state index is -4.82. The summed E-state index contributed by atoms with van der Waals surface area (Å²) in [5.41, 5.74) is -2.08. The molecule has 3 rings (SSSR count). The highest BCUT2D eigenvalue weighted by Gasteiger charge is 2.51. The second-order valence-corrected chi connectivity index (χ2v) is 11.1. The molecule has 2 amide bonds.